The topological polar surface area (TPSA) is 21.3 Å². The molecule has 0 bridgehead atoms. The minimum atomic E-state index is 0.746. The summed E-state index contributed by atoms with van der Waals surface area (Å²) in [5.41, 5.74) is 0. The summed E-state index contributed by atoms with van der Waals surface area (Å²) in [5.74, 6) is 1.90. The summed E-state index contributed by atoms with van der Waals surface area (Å²) in [6.45, 7) is 1.98. The van der Waals surface area contributed by atoms with Crippen molar-refractivity contribution in [2.75, 3.05) is 20.3 Å². The zero-order chi connectivity index (χ0) is 12.6. The van der Waals surface area contributed by atoms with Gasteiger partial charge in [-0.2, -0.15) is 0 Å². The molecule has 1 saturated heterocycles. The molecular formula is C16H31NO. The number of ether oxygens (including phenoxy) is 1. The molecule has 1 aliphatic heterocycles. The molecule has 2 heteroatoms. The van der Waals surface area contributed by atoms with Crippen LogP contribution in [0.4, 0.5) is 0 Å². The van der Waals surface area contributed by atoms with E-state index in [2.05, 4.69) is 12.4 Å². The molecule has 2 fully saturated rings. The molecule has 2 aliphatic rings. The van der Waals surface area contributed by atoms with Crippen molar-refractivity contribution in [1.82, 2.24) is 5.32 Å². The summed E-state index contributed by atoms with van der Waals surface area (Å²) >= 11 is 0. The van der Waals surface area contributed by atoms with Gasteiger partial charge in [0.05, 0.1) is 0 Å². The summed E-state index contributed by atoms with van der Waals surface area (Å²) in [7, 11) is 2.15. The molecule has 2 nitrogen and oxygen atoms in total. The second kappa shape index (κ2) is 8.16. The van der Waals surface area contributed by atoms with E-state index >= 15 is 0 Å². The second-order valence-corrected chi connectivity index (χ2v) is 6.37. The first-order valence-electron chi connectivity index (χ1n) is 8.13. The highest BCUT2D eigenvalue weighted by Gasteiger charge is 2.21. The monoisotopic (exact) mass is 253 g/mol. The van der Waals surface area contributed by atoms with Crippen molar-refractivity contribution in [3.8, 4) is 0 Å². The SMILES string of the molecule is CNC(CC1CCCCCC1)CC1CCOCC1. The first-order valence-corrected chi connectivity index (χ1v) is 8.13. The Morgan fingerprint density at radius 2 is 1.44 bits per heavy atom. The summed E-state index contributed by atoms with van der Waals surface area (Å²) < 4.78 is 5.46. The zero-order valence-electron chi connectivity index (χ0n) is 12.1. The van der Waals surface area contributed by atoms with E-state index in [4.69, 9.17) is 4.74 Å². The standard InChI is InChI=1S/C16H31NO/c1-17-16(13-15-8-10-18-11-9-15)12-14-6-4-2-3-5-7-14/h14-17H,2-13H2,1H3. The normalized spacial score (nSPS) is 25.8. The number of hydrogen-bond acceptors (Lipinski definition) is 2. The van der Waals surface area contributed by atoms with E-state index in [1.807, 2.05) is 0 Å². The molecule has 1 N–H and O–H groups in total. The molecule has 0 amide bonds. The molecule has 106 valence electrons. The molecule has 2 rings (SSSR count). The van der Waals surface area contributed by atoms with Crippen molar-refractivity contribution in [2.45, 2.75) is 70.3 Å². The van der Waals surface area contributed by atoms with Gasteiger partial charge >= 0.3 is 0 Å². The predicted molar refractivity (Wildman–Crippen MR) is 76.8 cm³/mol. The quantitative estimate of drug-likeness (QED) is 0.753. The molecule has 0 spiro atoms. The van der Waals surface area contributed by atoms with Crippen molar-refractivity contribution in [3.63, 3.8) is 0 Å². The third-order valence-electron chi connectivity index (χ3n) is 4.96. The molecule has 1 unspecified atom stereocenters. The summed E-state index contributed by atoms with van der Waals surface area (Å²) in [6.07, 6.45) is 14.2. The Morgan fingerprint density at radius 1 is 0.889 bits per heavy atom. The van der Waals surface area contributed by atoms with Crippen LogP contribution in [-0.4, -0.2) is 26.3 Å². The van der Waals surface area contributed by atoms with E-state index in [1.165, 1.54) is 64.2 Å². The van der Waals surface area contributed by atoms with Crippen LogP contribution in [0.5, 0.6) is 0 Å². The van der Waals surface area contributed by atoms with Gasteiger partial charge in [0.1, 0.15) is 0 Å². The van der Waals surface area contributed by atoms with Gasteiger partial charge < -0.3 is 10.1 Å². The minimum absolute atomic E-state index is 0.746. The highest BCUT2D eigenvalue weighted by Crippen LogP contribution is 2.29. The number of nitrogens with one attached hydrogen (secondary N) is 1. The molecule has 1 saturated carbocycles. The maximum atomic E-state index is 5.46. The Bertz CT molecular complexity index is 205. The summed E-state index contributed by atoms with van der Waals surface area (Å²) in [5, 5.41) is 3.58. The maximum absolute atomic E-state index is 5.46. The first-order chi connectivity index (χ1) is 8.88. The third-order valence-corrected chi connectivity index (χ3v) is 4.96. The molecule has 1 atom stereocenters. The van der Waals surface area contributed by atoms with Crippen molar-refractivity contribution in [1.29, 1.82) is 0 Å². The van der Waals surface area contributed by atoms with Crippen molar-refractivity contribution in [3.05, 3.63) is 0 Å². The van der Waals surface area contributed by atoms with Crippen LogP contribution in [0.1, 0.15) is 64.2 Å². The van der Waals surface area contributed by atoms with E-state index in [9.17, 15) is 0 Å². The van der Waals surface area contributed by atoms with Gasteiger partial charge in [-0.3, -0.25) is 0 Å². The van der Waals surface area contributed by atoms with E-state index in [-0.39, 0.29) is 0 Å². The van der Waals surface area contributed by atoms with Gasteiger partial charge in [0.15, 0.2) is 0 Å². The maximum Gasteiger partial charge on any atom is 0.0468 e. The zero-order valence-corrected chi connectivity index (χ0v) is 12.1. The molecule has 0 aromatic rings. The third kappa shape index (κ3) is 4.89. The van der Waals surface area contributed by atoms with Crippen molar-refractivity contribution < 1.29 is 4.74 Å². The average Bonchev–Trinajstić information content (AvgIpc) is 2.68. The van der Waals surface area contributed by atoms with E-state index in [0.717, 1.165) is 31.1 Å². The highest BCUT2D eigenvalue weighted by atomic mass is 16.5. The summed E-state index contributed by atoms with van der Waals surface area (Å²) in [6, 6.07) is 0.746. The van der Waals surface area contributed by atoms with Gasteiger partial charge in [-0.15, -0.1) is 0 Å². The Kier molecular flexibility index (Phi) is 6.50. The molecule has 1 heterocycles. The molecular weight excluding hydrogens is 222 g/mol. The van der Waals surface area contributed by atoms with E-state index in [0.29, 0.717) is 0 Å². The van der Waals surface area contributed by atoms with E-state index < -0.39 is 0 Å². The van der Waals surface area contributed by atoms with Gasteiger partial charge in [-0.25, -0.2) is 0 Å². The largest absolute Gasteiger partial charge is 0.381 e. The van der Waals surface area contributed by atoms with Gasteiger partial charge in [-0.1, -0.05) is 38.5 Å². The van der Waals surface area contributed by atoms with Crippen LogP contribution in [0.3, 0.4) is 0 Å². The minimum Gasteiger partial charge on any atom is -0.381 e. The smallest absolute Gasteiger partial charge is 0.0468 e. The fourth-order valence-electron chi connectivity index (χ4n) is 3.72. The molecule has 0 radical (unpaired) electrons. The first kappa shape index (κ1) is 14.3. The van der Waals surface area contributed by atoms with Crippen LogP contribution in [0.15, 0.2) is 0 Å². The van der Waals surface area contributed by atoms with Crippen LogP contribution < -0.4 is 5.32 Å². The molecule has 0 aromatic heterocycles. The van der Waals surface area contributed by atoms with Crippen LogP contribution in [-0.2, 0) is 4.74 Å². The fraction of sp³-hybridized carbons (Fsp3) is 1.00. The van der Waals surface area contributed by atoms with E-state index in [1.54, 1.807) is 0 Å². The molecule has 18 heavy (non-hydrogen) atoms. The van der Waals surface area contributed by atoms with Crippen molar-refractivity contribution in [2.24, 2.45) is 11.8 Å². The van der Waals surface area contributed by atoms with Crippen LogP contribution in [0.25, 0.3) is 0 Å². The molecule has 0 aromatic carbocycles. The number of rotatable bonds is 5. The van der Waals surface area contributed by atoms with Gasteiger partial charge in [-0.05, 0) is 44.6 Å². The fourth-order valence-corrected chi connectivity index (χ4v) is 3.72. The lowest BCUT2D eigenvalue weighted by Gasteiger charge is -2.28. The van der Waals surface area contributed by atoms with Gasteiger partial charge in [0.2, 0.25) is 0 Å². The summed E-state index contributed by atoms with van der Waals surface area (Å²) in [4.78, 5) is 0. The van der Waals surface area contributed by atoms with Crippen LogP contribution in [0, 0.1) is 11.8 Å². The highest BCUT2D eigenvalue weighted by molar-refractivity contribution is 4.77. The lowest BCUT2D eigenvalue weighted by Crippen LogP contribution is -2.32. The average molecular weight is 253 g/mol. The van der Waals surface area contributed by atoms with Crippen LogP contribution in [0.2, 0.25) is 0 Å². The second-order valence-electron chi connectivity index (χ2n) is 6.37. The lowest BCUT2D eigenvalue weighted by molar-refractivity contribution is 0.0597. The Hall–Kier alpha value is -0.0800. The molecule has 1 aliphatic carbocycles. The number of hydrogen-bond donors (Lipinski definition) is 1. The van der Waals surface area contributed by atoms with Gasteiger partial charge in [0, 0.05) is 19.3 Å². The van der Waals surface area contributed by atoms with Crippen molar-refractivity contribution >= 4 is 0 Å². The van der Waals surface area contributed by atoms with Gasteiger partial charge in [0.25, 0.3) is 0 Å². The lowest BCUT2D eigenvalue weighted by atomic mass is 9.86. The Morgan fingerprint density at radius 3 is 2.00 bits per heavy atom. The van der Waals surface area contributed by atoms with Crippen LogP contribution >= 0.6 is 0 Å². The Labute approximate surface area is 113 Å². The predicted octanol–water partition coefficient (Wildman–Crippen LogP) is 3.75. The Balaban J connectivity index is 1.72.